The number of rotatable bonds is 3. The molecule has 0 aliphatic rings. The number of benzene rings is 1. The summed E-state index contributed by atoms with van der Waals surface area (Å²) in [5, 5.41) is 0. The Morgan fingerprint density at radius 2 is 1.89 bits per heavy atom. The lowest BCUT2D eigenvalue weighted by Crippen LogP contribution is -2.05. The highest BCUT2D eigenvalue weighted by atomic mass is 19.4. The van der Waals surface area contributed by atoms with Gasteiger partial charge < -0.3 is 4.57 Å². The van der Waals surface area contributed by atoms with E-state index in [1.54, 1.807) is 31.2 Å². The fourth-order valence-electron chi connectivity index (χ4n) is 1.73. The lowest BCUT2D eigenvalue weighted by molar-refractivity contribution is -0.140. The molecular formula is C13H11F3N2O. The summed E-state index contributed by atoms with van der Waals surface area (Å²) in [6, 6.07) is 6.26. The van der Waals surface area contributed by atoms with Crippen molar-refractivity contribution in [1.82, 2.24) is 9.55 Å². The maximum absolute atomic E-state index is 12.6. The Bertz CT molecular complexity index is 585. The summed E-state index contributed by atoms with van der Waals surface area (Å²) >= 11 is 0. The van der Waals surface area contributed by atoms with Gasteiger partial charge in [-0.3, -0.25) is 4.79 Å². The highest BCUT2D eigenvalue weighted by Crippen LogP contribution is 2.31. The SMILES string of the molecule is CCn1cc(C(F)(F)F)nc1-c1ccc(C=O)cc1. The second-order valence-corrected chi connectivity index (χ2v) is 3.97. The number of halogens is 3. The van der Waals surface area contributed by atoms with Crippen LogP contribution >= 0.6 is 0 Å². The molecule has 0 bridgehead atoms. The second kappa shape index (κ2) is 4.87. The number of imidazole rings is 1. The van der Waals surface area contributed by atoms with E-state index < -0.39 is 11.9 Å². The standard InChI is InChI=1S/C13H11F3N2O/c1-2-18-7-11(13(14,15)16)17-12(18)10-5-3-9(8-19)4-6-10/h3-8H,2H2,1H3. The normalized spacial score (nSPS) is 11.6. The van der Waals surface area contributed by atoms with Gasteiger partial charge in [0, 0.05) is 23.9 Å². The summed E-state index contributed by atoms with van der Waals surface area (Å²) in [6.07, 6.45) is -2.79. The van der Waals surface area contributed by atoms with Crippen molar-refractivity contribution in [2.24, 2.45) is 0 Å². The first-order chi connectivity index (χ1) is 8.95. The van der Waals surface area contributed by atoms with E-state index in [-0.39, 0.29) is 5.82 Å². The van der Waals surface area contributed by atoms with Crippen LogP contribution in [0.15, 0.2) is 30.5 Å². The summed E-state index contributed by atoms with van der Waals surface area (Å²) < 4.78 is 39.3. The van der Waals surface area contributed by atoms with Crippen molar-refractivity contribution in [1.29, 1.82) is 0 Å². The molecule has 2 rings (SSSR count). The Kier molecular flexibility index (Phi) is 3.42. The Labute approximate surface area is 107 Å². The quantitative estimate of drug-likeness (QED) is 0.800. The molecule has 0 atom stereocenters. The summed E-state index contributed by atoms with van der Waals surface area (Å²) in [5.74, 6) is 0.243. The van der Waals surface area contributed by atoms with Crippen molar-refractivity contribution in [2.75, 3.05) is 0 Å². The van der Waals surface area contributed by atoms with E-state index in [4.69, 9.17) is 0 Å². The number of nitrogens with zero attached hydrogens (tertiary/aromatic N) is 2. The molecule has 0 amide bonds. The summed E-state index contributed by atoms with van der Waals surface area (Å²) in [4.78, 5) is 14.2. The van der Waals surface area contributed by atoms with Crippen LogP contribution in [0.2, 0.25) is 0 Å². The number of hydrogen-bond acceptors (Lipinski definition) is 2. The minimum atomic E-state index is -4.46. The van der Waals surface area contributed by atoms with E-state index in [2.05, 4.69) is 4.98 Å². The van der Waals surface area contributed by atoms with Gasteiger partial charge in [-0.2, -0.15) is 13.2 Å². The molecule has 0 aliphatic heterocycles. The maximum atomic E-state index is 12.6. The van der Waals surface area contributed by atoms with Gasteiger partial charge in [-0.1, -0.05) is 24.3 Å². The van der Waals surface area contributed by atoms with Crippen LogP contribution in [0, 0.1) is 0 Å². The van der Waals surface area contributed by atoms with Crippen LogP contribution in [0.1, 0.15) is 23.0 Å². The zero-order chi connectivity index (χ0) is 14.0. The van der Waals surface area contributed by atoms with Crippen LogP contribution in [0.25, 0.3) is 11.4 Å². The second-order valence-electron chi connectivity index (χ2n) is 3.97. The van der Waals surface area contributed by atoms with E-state index in [0.717, 1.165) is 6.20 Å². The van der Waals surface area contributed by atoms with Gasteiger partial charge in [-0.25, -0.2) is 4.98 Å². The molecule has 6 heteroatoms. The number of aromatic nitrogens is 2. The molecule has 100 valence electrons. The first kappa shape index (κ1) is 13.3. The molecule has 2 aromatic rings. The number of carbonyl (C=O) groups is 1. The van der Waals surface area contributed by atoms with Crippen LogP contribution in [0.5, 0.6) is 0 Å². The summed E-state index contributed by atoms with van der Waals surface area (Å²) in [6.45, 7) is 2.12. The Balaban J connectivity index is 2.48. The molecule has 1 heterocycles. The van der Waals surface area contributed by atoms with Crippen molar-refractivity contribution in [2.45, 2.75) is 19.6 Å². The van der Waals surface area contributed by atoms with E-state index in [0.29, 0.717) is 24.0 Å². The average molecular weight is 268 g/mol. The minimum absolute atomic E-state index is 0.243. The maximum Gasteiger partial charge on any atom is 0.434 e. The van der Waals surface area contributed by atoms with E-state index >= 15 is 0 Å². The number of aryl methyl sites for hydroxylation is 1. The third kappa shape index (κ3) is 2.67. The van der Waals surface area contributed by atoms with Crippen LogP contribution in [-0.4, -0.2) is 15.8 Å². The van der Waals surface area contributed by atoms with Crippen molar-refractivity contribution in [3.05, 3.63) is 41.7 Å². The van der Waals surface area contributed by atoms with E-state index in [1.807, 2.05) is 0 Å². The van der Waals surface area contributed by atoms with Crippen LogP contribution in [0.4, 0.5) is 13.2 Å². The molecule has 0 saturated heterocycles. The van der Waals surface area contributed by atoms with Crippen molar-refractivity contribution < 1.29 is 18.0 Å². The molecule has 0 radical (unpaired) electrons. The Morgan fingerprint density at radius 1 is 1.26 bits per heavy atom. The molecular weight excluding hydrogens is 257 g/mol. The third-order valence-electron chi connectivity index (χ3n) is 2.71. The first-order valence-corrected chi connectivity index (χ1v) is 5.65. The zero-order valence-corrected chi connectivity index (χ0v) is 10.1. The fraction of sp³-hybridized carbons (Fsp3) is 0.231. The largest absolute Gasteiger partial charge is 0.434 e. The van der Waals surface area contributed by atoms with Gasteiger partial charge in [-0.05, 0) is 6.92 Å². The first-order valence-electron chi connectivity index (χ1n) is 5.65. The molecule has 0 fully saturated rings. The summed E-state index contributed by atoms with van der Waals surface area (Å²) in [7, 11) is 0. The van der Waals surface area contributed by atoms with E-state index in [9.17, 15) is 18.0 Å². The lowest BCUT2D eigenvalue weighted by Gasteiger charge is -2.04. The van der Waals surface area contributed by atoms with Crippen LogP contribution in [0.3, 0.4) is 0 Å². The molecule has 0 aliphatic carbocycles. The molecule has 0 spiro atoms. The predicted molar refractivity (Wildman–Crippen MR) is 63.7 cm³/mol. The number of carbonyl (C=O) groups excluding carboxylic acids is 1. The van der Waals surface area contributed by atoms with Crippen LogP contribution in [-0.2, 0) is 12.7 Å². The van der Waals surface area contributed by atoms with Crippen LogP contribution < -0.4 is 0 Å². The molecule has 1 aromatic heterocycles. The van der Waals surface area contributed by atoms with E-state index in [1.165, 1.54) is 4.57 Å². The van der Waals surface area contributed by atoms with Gasteiger partial charge in [-0.15, -0.1) is 0 Å². The van der Waals surface area contributed by atoms with Gasteiger partial charge in [0.1, 0.15) is 12.1 Å². The average Bonchev–Trinajstić information content (AvgIpc) is 2.83. The van der Waals surface area contributed by atoms with Crippen molar-refractivity contribution in [3.63, 3.8) is 0 Å². The minimum Gasteiger partial charge on any atom is -0.331 e. The Morgan fingerprint density at radius 3 is 2.37 bits per heavy atom. The van der Waals surface area contributed by atoms with Gasteiger partial charge in [0.15, 0.2) is 5.69 Å². The number of hydrogen-bond donors (Lipinski definition) is 0. The number of aldehydes is 1. The zero-order valence-electron chi connectivity index (χ0n) is 10.1. The van der Waals surface area contributed by atoms with Crippen molar-refractivity contribution >= 4 is 6.29 Å². The molecule has 1 aromatic carbocycles. The van der Waals surface area contributed by atoms with Gasteiger partial charge >= 0.3 is 6.18 Å². The fourth-order valence-corrected chi connectivity index (χ4v) is 1.73. The molecule has 0 saturated carbocycles. The smallest absolute Gasteiger partial charge is 0.331 e. The van der Waals surface area contributed by atoms with Crippen molar-refractivity contribution in [3.8, 4) is 11.4 Å². The highest BCUT2D eigenvalue weighted by molar-refractivity contribution is 5.76. The monoisotopic (exact) mass is 268 g/mol. The molecule has 19 heavy (non-hydrogen) atoms. The van der Waals surface area contributed by atoms with Gasteiger partial charge in [0.25, 0.3) is 0 Å². The Hall–Kier alpha value is -2.11. The van der Waals surface area contributed by atoms with Gasteiger partial charge in [0.05, 0.1) is 0 Å². The lowest BCUT2D eigenvalue weighted by atomic mass is 10.1. The topological polar surface area (TPSA) is 34.9 Å². The summed E-state index contributed by atoms with van der Waals surface area (Å²) in [5.41, 5.74) is 0.0983. The number of alkyl halides is 3. The predicted octanol–water partition coefficient (Wildman–Crippen LogP) is 3.40. The molecule has 0 N–H and O–H groups in total. The molecule has 3 nitrogen and oxygen atoms in total. The van der Waals surface area contributed by atoms with Gasteiger partial charge in [0.2, 0.25) is 0 Å². The highest BCUT2D eigenvalue weighted by Gasteiger charge is 2.34. The molecule has 0 unspecified atom stereocenters. The third-order valence-corrected chi connectivity index (χ3v) is 2.71.